The second-order valence-electron chi connectivity index (χ2n) is 6.77. The maximum atomic E-state index is 9.79. The van der Waals surface area contributed by atoms with Gasteiger partial charge in [-0.15, -0.1) is 0 Å². The molecule has 0 saturated heterocycles. The molecule has 26 heavy (non-hydrogen) atoms. The predicted molar refractivity (Wildman–Crippen MR) is 105 cm³/mol. The van der Waals surface area contributed by atoms with Crippen molar-refractivity contribution in [3.8, 4) is 17.3 Å². The van der Waals surface area contributed by atoms with Crippen LogP contribution in [0.2, 0.25) is 0 Å². The van der Waals surface area contributed by atoms with E-state index in [9.17, 15) is 5.26 Å². The smallest absolute Gasteiger partial charge is 0.148 e. The number of hydrogen-bond acceptors (Lipinski definition) is 5. The molecule has 0 radical (unpaired) electrons. The van der Waals surface area contributed by atoms with Crippen LogP contribution in [-0.4, -0.2) is 16.0 Å². The van der Waals surface area contributed by atoms with Gasteiger partial charge in [0.15, 0.2) is 0 Å². The van der Waals surface area contributed by atoms with Crippen LogP contribution in [0.4, 0.5) is 11.6 Å². The van der Waals surface area contributed by atoms with Crippen molar-refractivity contribution < 1.29 is 0 Å². The Hall–Kier alpha value is -3.13. The topological polar surface area (TPSA) is 87.6 Å². The molecule has 4 rings (SSSR count). The fourth-order valence-corrected chi connectivity index (χ4v) is 3.63. The SMILES string of the molecule is N#Cc1c(NC2CCCCC2)nc(N)c2ccc(-c3ccccc3)nc12. The van der Waals surface area contributed by atoms with Crippen molar-refractivity contribution in [2.24, 2.45) is 0 Å². The van der Waals surface area contributed by atoms with E-state index >= 15 is 0 Å². The van der Waals surface area contributed by atoms with Crippen LogP contribution in [-0.2, 0) is 0 Å². The van der Waals surface area contributed by atoms with Crippen LogP contribution in [0.5, 0.6) is 0 Å². The Morgan fingerprint density at radius 1 is 1.00 bits per heavy atom. The molecule has 0 unspecified atom stereocenters. The third-order valence-electron chi connectivity index (χ3n) is 5.00. The van der Waals surface area contributed by atoms with Crippen molar-refractivity contribution >= 4 is 22.5 Å². The first-order valence-electron chi connectivity index (χ1n) is 9.08. The summed E-state index contributed by atoms with van der Waals surface area (Å²) in [5.41, 5.74) is 9.09. The number of aromatic nitrogens is 2. The van der Waals surface area contributed by atoms with E-state index in [1.54, 1.807) is 0 Å². The number of rotatable bonds is 3. The number of nitrogens with two attached hydrogens (primary N) is 1. The summed E-state index contributed by atoms with van der Waals surface area (Å²) >= 11 is 0. The average molecular weight is 343 g/mol. The molecule has 130 valence electrons. The van der Waals surface area contributed by atoms with Crippen molar-refractivity contribution in [1.82, 2.24) is 9.97 Å². The van der Waals surface area contributed by atoms with Gasteiger partial charge < -0.3 is 11.1 Å². The molecule has 2 aromatic heterocycles. The van der Waals surface area contributed by atoms with Crippen LogP contribution in [0, 0.1) is 11.3 Å². The summed E-state index contributed by atoms with van der Waals surface area (Å²) < 4.78 is 0. The quantitative estimate of drug-likeness (QED) is 0.731. The van der Waals surface area contributed by atoms with E-state index in [0.29, 0.717) is 28.8 Å². The van der Waals surface area contributed by atoms with Crippen molar-refractivity contribution in [2.45, 2.75) is 38.1 Å². The lowest BCUT2D eigenvalue weighted by Crippen LogP contribution is -2.23. The molecule has 5 nitrogen and oxygen atoms in total. The molecule has 1 aromatic carbocycles. The maximum Gasteiger partial charge on any atom is 0.148 e. The standard InChI is InChI=1S/C21H21N5/c22-13-17-19-16(11-12-18(25-19)14-7-3-1-4-8-14)20(23)26-21(17)24-15-9-5-2-6-10-15/h1,3-4,7-8,11-12,15H,2,5-6,9-10H2,(H3,23,24,26). The average Bonchev–Trinajstić information content (AvgIpc) is 2.69. The molecular formula is C21H21N5. The lowest BCUT2D eigenvalue weighted by Gasteiger charge is -2.24. The van der Waals surface area contributed by atoms with Crippen molar-refractivity contribution in [1.29, 1.82) is 5.26 Å². The number of benzene rings is 1. The van der Waals surface area contributed by atoms with Crippen molar-refractivity contribution in [2.75, 3.05) is 11.1 Å². The molecular weight excluding hydrogens is 322 g/mol. The molecule has 3 aromatic rings. The van der Waals surface area contributed by atoms with Gasteiger partial charge in [0, 0.05) is 17.0 Å². The van der Waals surface area contributed by atoms with Crippen LogP contribution in [0.15, 0.2) is 42.5 Å². The molecule has 5 heteroatoms. The number of hydrogen-bond donors (Lipinski definition) is 2. The Labute approximate surface area is 152 Å². The first-order valence-corrected chi connectivity index (χ1v) is 9.08. The van der Waals surface area contributed by atoms with E-state index in [1.807, 2.05) is 42.5 Å². The predicted octanol–water partition coefficient (Wildman–Crippen LogP) is 4.50. The Morgan fingerprint density at radius 3 is 2.50 bits per heavy atom. The summed E-state index contributed by atoms with van der Waals surface area (Å²) in [6, 6.07) is 16.4. The van der Waals surface area contributed by atoms with Gasteiger partial charge >= 0.3 is 0 Å². The minimum Gasteiger partial charge on any atom is -0.383 e. The number of nitrogen functional groups attached to an aromatic ring is 1. The lowest BCUT2D eigenvalue weighted by atomic mass is 9.95. The third-order valence-corrected chi connectivity index (χ3v) is 5.00. The molecule has 1 aliphatic rings. The van der Waals surface area contributed by atoms with E-state index in [0.717, 1.165) is 29.5 Å². The number of nitrogens with zero attached hydrogens (tertiary/aromatic N) is 3. The van der Waals surface area contributed by atoms with Crippen LogP contribution in [0.3, 0.4) is 0 Å². The van der Waals surface area contributed by atoms with E-state index in [-0.39, 0.29) is 0 Å². The second-order valence-corrected chi connectivity index (χ2v) is 6.77. The summed E-state index contributed by atoms with van der Waals surface area (Å²) in [5.74, 6) is 0.964. The number of fused-ring (bicyclic) bond motifs is 1. The van der Waals surface area contributed by atoms with Gasteiger partial charge in [-0.2, -0.15) is 5.26 Å². The number of nitriles is 1. The van der Waals surface area contributed by atoms with Crippen molar-refractivity contribution in [3.63, 3.8) is 0 Å². The Kier molecular flexibility index (Phi) is 4.40. The van der Waals surface area contributed by atoms with Crippen molar-refractivity contribution in [3.05, 3.63) is 48.0 Å². The van der Waals surface area contributed by atoms with Gasteiger partial charge in [0.1, 0.15) is 23.3 Å². The number of anilines is 2. The van der Waals surface area contributed by atoms with Crippen LogP contribution in [0.1, 0.15) is 37.7 Å². The highest BCUT2D eigenvalue weighted by molar-refractivity contribution is 5.96. The number of pyridine rings is 2. The van der Waals surface area contributed by atoms with E-state index in [4.69, 9.17) is 10.7 Å². The van der Waals surface area contributed by atoms with Gasteiger partial charge in [-0.1, -0.05) is 49.6 Å². The molecule has 0 aliphatic heterocycles. The largest absolute Gasteiger partial charge is 0.383 e. The van der Waals surface area contributed by atoms with Gasteiger partial charge in [-0.05, 0) is 25.0 Å². The zero-order valence-corrected chi connectivity index (χ0v) is 14.6. The summed E-state index contributed by atoms with van der Waals surface area (Å²) in [6.07, 6.45) is 5.89. The van der Waals surface area contributed by atoms with E-state index < -0.39 is 0 Å². The summed E-state index contributed by atoms with van der Waals surface area (Å²) in [5, 5.41) is 13.9. The highest BCUT2D eigenvalue weighted by atomic mass is 15.0. The Bertz CT molecular complexity index is 969. The van der Waals surface area contributed by atoms with Crippen LogP contribution >= 0.6 is 0 Å². The molecule has 0 bridgehead atoms. The fourth-order valence-electron chi connectivity index (χ4n) is 3.63. The summed E-state index contributed by atoms with van der Waals surface area (Å²) in [4.78, 5) is 9.22. The molecule has 2 heterocycles. The molecule has 1 fully saturated rings. The first-order chi connectivity index (χ1) is 12.8. The monoisotopic (exact) mass is 343 g/mol. The van der Waals surface area contributed by atoms with Crippen LogP contribution in [0.25, 0.3) is 22.2 Å². The normalized spacial score (nSPS) is 14.9. The molecule has 0 amide bonds. The zero-order valence-electron chi connectivity index (χ0n) is 14.6. The molecule has 3 N–H and O–H groups in total. The first kappa shape index (κ1) is 16.3. The highest BCUT2D eigenvalue weighted by Gasteiger charge is 2.19. The Morgan fingerprint density at radius 2 is 1.77 bits per heavy atom. The Balaban J connectivity index is 1.82. The highest BCUT2D eigenvalue weighted by Crippen LogP contribution is 2.31. The zero-order chi connectivity index (χ0) is 17.9. The number of nitrogens with one attached hydrogen (secondary N) is 1. The molecule has 0 spiro atoms. The van der Waals surface area contributed by atoms with Gasteiger partial charge in [-0.25, -0.2) is 9.97 Å². The summed E-state index contributed by atoms with van der Waals surface area (Å²) in [7, 11) is 0. The molecule has 1 aliphatic carbocycles. The second kappa shape index (κ2) is 7.01. The molecule has 1 saturated carbocycles. The van der Waals surface area contributed by atoms with Gasteiger partial charge in [0.05, 0.1) is 11.2 Å². The summed E-state index contributed by atoms with van der Waals surface area (Å²) in [6.45, 7) is 0. The van der Waals surface area contributed by atoms with E-state index in [1.165, 1.54) is 19.3 Å². The third kappa shape index (κ3) is 3.06. The van der Waals surface area contributed by atoms with E-state index in [2.05, 4.69) is 16.4 Å². The fraction of sp³-hybridized carbons (Fsp3) is 0.286. The van der Waals surface area contributed by atoms with Gasteiger partial charge in [0.2, 0.25) is 0 Å². The van der Waals surface area contributed by atoms with Gasteiger partial charge in [0.25, 0.3) is 0 Å². The van der Waals surface area contributed by atoms with Crippen LogP contribution < -0.4 is 11.1 Å². The maximum absolute atomic E-state index is 9.79. The lowest BCUT2D eigenvalue weighted by molar-refractivity contribution is 0.462. The minimum absolute atomic E-state index is 0.345. The molecule has 0 atom stereocenters. The van der Waals surface area contributed by atoms with Gasteiger partial charge in [-0.3, -0.25) is 0 Å². The minimum atomic E-state index is 0.345.